The Morgan fingerprint density at radius 3 is 2.67 bits per heavy atom. The molecule has 5 heteroatoms. The number of urea groups is 1. The Bertz CT molecular complexity index is 255. The van der Waals surface area contributed by atoms with Gasteiger partial charge < -0.3 is 5.32 Å². The predicted molar refractivity (Wildman–Crippen MR) is 57.2 cm³/mol. The van der Waals surface area contributed by atoms with Crippen molar-refractivity contribution in [1.82, 2.24) is 15.3 Å². The number of nitrogens with zero attached hydrogens (tertiary/aromatic N) is 2. The topological polar surface area (TPSA) is 52.7 Å². The van der Waals surface area contributed by atoms with Gasteiger partial charge in [-0.2, -0.15) is 0 Å². The Morgan fingerprint density at radius 2 is 2.07 bits per heavy atom. The number of Topliss-reactive ketones (excluding diaryl/α,β-unsaturated/α-hetero) is 1. The predicted octanol–water partition coefficient (Wildman–Crippen LogP) is 0.616. The first kappa shape index (κ1) is 12.0. The summed E-state index contributed by atoms with van der Waals surface area (Å²) in [6.07, 6.45) is 0.767. The van der Waals surface area contributed by atoms with E-state index in [9.17, 15) is 9.59 Å². The van der Waals surface area contributed by atoms with E-state index in [1.54, 1.807) is 5.01 Å². The molecule has 0 aliphatic carbocycles. The molecule has 1 atom stereocenters. The lowest BCUT2D eigenvalue weighted by atomic mass is 10.1. The van der Waals surface area contributed by atoms with Crippen molar-refractivity contribution in [1.29, 1.82) is 0 Å². The number of carbonyl (C=O) groups excluding carboxylic acids is 2. The van der Waals surface area contributed by atoms with Crippen LogP contribution in [0.15, 0.2) is 0 Å². The van der Waals surface area contributed by atoms with Gasteiger partial charge in [-0.15, -0.1) is 0 Å². The maximum Gasteiger partial charge on any atom is 0.332 e. The van der Waals surface area contributed by atoms with Crippen LogP contribution in [0.3, 0.4) is 0 Å². The van der Waals surface area contributed by atoms with Crippen molar-refractivity contribution in [2.75, 3.05) is 19.6 Å². The Balaban J connectivity index is 0.000000531. The Kier molecular flexibility index (Phi) is 4.08. The summed E-state index contributed by atoms with van der Waals surface area (Å²) in [5.41, 5.74) is 0. The molecule has 1 N–H and O–H groups in total. The molecule has 0 saturated carbocycles. The summed E-state index contributed by atoms with van der Waals surface area (Å²) in [4.78, 5) is 22.6. The van der Waals surface area contributed by atoms with Crippen molar-refractivity contribution in [2.45, 2.75) is 33.2 Å². The van der Waals surface area contributed by atoms with Gasteiger partial charge in [0.05, 0.1) is 0 Å². The third-order valence-corrected chi connectivity index (χ3v) is 2.58. The number of amides is 2. The highest BCUT2D eigenvalue weighted by Crippen LogP contribution is 2.20. The molecule has 1 unspecified atom stereocenters. The molecule has 0 aromatic carbocycles. The minimum Gasteiger partial charge on any atom is -0.335 e. The van der Waals surface area contributed by atoms with E-state index in [0.717, 1.165) is 19.5 Å². The first-order valence-corrected chi connectivity index (χ1v) is 5.52. The zero-order valence-corrected chi connectivity index (χ0v) is 9.62. The Morgan fingerprint density at radius 1 is 1.40 bits per heavy atom. The molecule has 2 heterocycles. The summed E-state index contributed by atoms with van der Waals surface area (Å²) < 4.78 is 0. The summed E-state index contributed by atoms with van der Waals surface area (Å²) in [6.45, 7) is 7.85. The molecule has 2 amide bonds. The fraction of sp³-hybridized carbons (Fsp3) is 0.800. The van der Waals surface area contributed by atoms with Gasteiger partial charge in [-0.05, 0) is 13.3 Å². The molecular formula is C10H19N3O2. The molecule has 0 spiro atoms. The number of rotatable bonds is 1. The van der Waals surface area contributed by atoms with Gasteiger partial charge in [-0.25, -0.2) is 14.8 Å². The van der Waals surface area contributed by atoms with E-state index in [-0.39, 0.29) is 17.9 Å². The second-order valence-corrected chi connectivity index (χ2v) is 3.45. The van der Waals surface area contributed by atoms with Gasteiger partial charge in [0, 0.05) is 19.6 Å². The van der Waals surface area contributed by atoms with Crippen molar-refractivity contribution >= 4 is 11.8 Å². The first-order chi connectivity index (χ1) is 7.20. The van der Waals surface area contributed by atoms with E-state index in [1.807, 2.05) is 18.9 Å². The fourth-order valence-electron chi connectivity index (χ4n) is 1.94. The van der Waals surface area contributed by atoms with Crippen molar-refractivity contribution in [3.63, 3.8) is 0 Å². The SMILES string of the molecule is CC.CC(=O)C1CCN2CCNC(=O)N12. The monoisotopic (exact) mass is 213 g/mol. The van der Waals surface area contributed by atoms with Crippen molar-refractivity contribution in [3.05, 3.63) is 0 Å². The van der Waals surface area contributed by atoms with Crippen LogP contribution in [0.4, 0.5) is 4.79 Å². The Hall–Kier alpha value is -1.10. The summed E-state index contributed by atoms with van der Waals surface area (Å²) in [5.74, 6) is 0.0690. The van der Waals surface area contributed by atoms with Gasteiger partial charge in [-0.1, -0.05) is 13.8 Å². The van der Waals surface area contributed by atoms with Crippen LogP contribution in [0.2, 0.25) is 0 Å². The smallest absolute Gasteiger partial charge is 0.332 e. The van der Waals surface area contributed by atoms with Gasteiger partial charge in [-0.3, -0.25) is 4.79 Å². The third kappa shape index (κ3) is 2.28. The maximum absolute atomic E-state index is 11.4. The molecular weight excluding hydrogens is 194 g/mol. The standard InChI is InChI=1S/C8H13N3O2.C2H6/c1-6(12)7-2-4-10-5-3-9-8(13)11(7)10;1-2/h7H,2-5H2,1H3,(H,9,13);1-2H3. The number of hydrogen-bond acceptors (Lipinski definition) is 3. The average molecular weight is 213 g/mol. The minimum atomic E-state index is -0.236. The minimum absolute atomic E-state index is 0.0690. The van der Waals surface area contributed by atoms with Crippen LogP contribution < -0.4 is 5.32 Å². The van der Waals surface area contributed by atoms with Crippen LogP contribution in [-0.4, -0.2) is 47.5 Å². The highest BCUT2D eigenvalue weighted by atomic mass is 16.2. The molecule has 2 aliphatic heterocycles. The Labute approximate surface area is 90.4 Å². The van der Waals surface area contributed by atoms with Crippen molar-refractivity contribution < 1.29 is 9.59 Å². The van der Waals surface area contributed by atoms with Crippen LogP contribution in [0, 0.1) is 0 Å². The van der Waals surface area contributed by atoms with Gasteiger partial charge in [0.15, 0.2) is 5.78 Å². The lowest BCUT2D eigenvalue weighted by Gasteiger charge is -2.35. The van der Waals surface area contributed by atoms with Crippen molar-refractivity contribution in [3.8, 4) is 0 Å². The molecule has 2 rings (SSSR count). The molecule has 2 aliphatic rings. The number of fused-ring (bicyclic) bond motifs is 1. The second kappa shape index (κ2) is 5.11. The summed E-state index contributed by atoms with van der Waals surface area (Å²) in [6, 6.07) is -0.371. The van der Waals surface area contributed by atoms with Crippen molar-refractivity contribution in [2.24, 2.45) is 0 Å². The van der Waals surface area contributed by atoms with Crippen LogP contribution in [-0.2, 0) is 4.79 Å². The van der Waals surface area contributed by atoms with Gasteiger partial charge in [0.25, 0.3) is 0 Å². The molecule has 2 fully saturated rings. The highest BCUT2D eigenvalue weighted by Gasteiger charge is 2.39. The normalized spacial score (nSPS) is 25.1. The quantitative estimate of drug-likeness (QED) is 0.694. The van der Waals surface area contributed by atoms with E-state index in [2.05, 4.69) is 5.32 Å². The van der Waals surface area contributed by atoms with Gasteiger partial charge in [0.2, 0.25) is 0 Å². The molecule has 0 aromatic rings. The molecule has 86 valence electrons. The number of ketones is 1. The largest absolute Gasteiger partial charge is 0.335 e. The molecule has 15 heavy (non-hydrogen) atoms. The fourth-order valence-corrected chi connectivity index (χ4v) is 1.94. The van der Waals surface area contributed by atoms with Crippen LogP contribution in [0.25, 0.3) is 0 Å². The molecule has 0 radical (unpaired) electrons. The average Bonchev–Trinajstić information content (AvgIpc) is 2.66. The lowest BCUT2D eigenvalue weighted by molar-refractivity contribution is -0.123. The number of nitrogens with one attached hydrogen (secondary N) is 1. The molecule has 2 saturated heterocycles. The van der Waals surface area contributed by atoms with Crippen LogP contribution in [0.1, 0.15) is 27.2 Å². The van der Waals surface area contributed by atoms with E-state index in [0.29, 0.717) is 6.54 Å². The van der Waals surface area contributed by atoms with Crippen LogP contribution in [0.5, 0.6) is 0 Å². The van der Waals surface area contributed by atoms with E-state index < -0.39 is 0 Å². The molecule has 0 bridgehead atoms. The zero-order chi connectivity index (χ0) is 11.4. The summed E-state index contributed by atoms with van der Waals surface area (Å²) in [7, 11) is 0. The molecule has 0 aromatic heterocycles. The summed E-state index contributed by atoms with van der Waals surface area (Å²) >= 11 is 0. The first-order valence-electron chi connectivity index (χ1n) is 5.52. The van der Waals surface area contributed by atoms with Gasteiger partial charge in [0.1, 0.15) is 6.04 Å². The summed E-state index contributed by atoms with van der Waals surface area (Å²) in [5, 5.41) is 6.24. The second-order valence-electron chi connectivity index (χ2n) is 3.45. The number of hydrazine groups is 1. The van der Waals surface area contributed by atoms with Gasteiger partial charge >= 0.3 is 6.03 Å². The molecule has 5 nitrogen and oxygen atoms in total. The van der Waals surface area contributed by atoms with E-state index in [4.69, 9.17) is 0 Å². The lowest BCUT2D eigenvalue weighted by Crippen LogP contribution is -2.58. The number of hydrogen-bond donors (Lipinski definition) is 1. The van der Waals surface area contributed by atoms with Crippen LogP contribution >= 0.6 is 0 Å². The zero-order valence-electron chi connectivity index (χ0n) is 9.62. The number of carbonyl (C=O) groups is 2. The highest BCUT2D eigenvalue weighted by molar-refractivity contribution is 5.87. The van der Waals surface area contributed by atoms with E-state index >= 15 is 0 Å². The maximum atomic E-state index is 11.4. The van der Waals surface area contributed by atoms with E-state index in [1.165, 1.54) is 6.92 Å². The third-order valence-electron chi connectivity index (χ3n) is 2.58.